The lowest BCUT2D eigenvalue weighted by atomic mass is 10.3. The number of rotatable bonds is 10. The molecule has 0 bridgehead atoms. The highest BCUT2D eigenvalue weighted by Crippen LogP contribution is 2.27. The fraction of sp³-hybridized carbons (Fsp3) is 0.211. The van der Waals surface area contributed by atoms with E-state index in [4.69, 9.17) is 19.9 Å². The maximum Gasteiger partial charge on any atom is 0.344 e. The normalized spacial score (nSPS) is 10.0. The van der Waals surface area contributed by atoms with Gasteiger partial charge < -0.3 is 25.3 Å². The minimum Gasteiger partial charge on any atom is -0.493 e. The standard InChI is InChI=1S/C19H20N2O6S/c1-25-14-7-3-4-8-15(14)26-11-19(24)27-10-18(23)21-13-6-2-5-9-16(13)28-12-17(20)22/h2-9H,10-12H2,1H3,(H2,20,22)(H,21,23). The summed E-state index contributed by atoms with van der Waals surface area (Å²) < 4.78 is 15.4. The van der Waals surface area contributed by atoms with Gasteiger partial charge in [0.25, 0.3) is 5.91 Å². The molecule has 2 amide bonds. The van der Waals surface area contributed by atoms with Gasteiger partial charge in [-0.3, -0.25) is 9.59 Å². The monoisotopic (exact) mass is 404 g/mol. The first kappa shape index (κ1) is 21.1. The Balaban J connectivity index is 1.81. The smallest absolute Gasteiger partial charge is 0.344 e. The molecule has 148 valence electrons. The third kappa shape index (κ3) is 6.84. The second kappa shape index (κ2) is 10.8. The Hall–Kier alpha value is -3.20. The Kier molecular flexibility index (Phi) is 8.16. The van der Waals surface area contributed by atoms with Crippen LogP contribution in [0.2, 0.25) is 0 Å². The Labute approximate surface area is 166 Å². The number of ether oxygens (including phenoxy) is 3. The molecule has 3 N–H and O–H groups in total. The third-order valence-corrected chi connectivity index (χ3v) is 4.41. The van der Waals surface area contributed by atoms with E-state index in [1.807, 2.05) is 0 Å². The molecule has 9 heteroatoms. The van der Waals surface area contributed by atoms with Crippen LogP contribution in [0.25, 0.3) is 0 Å². The van der Waals surface area contributed by atoms with Gasteiger partial charge in [0.15, 0.2) is 24.7 Å². The molecule has 0 fully saturated rings. The number of hydrogen-bond donors (Lipinski definition) is 2. The van der Waals surface area contributed by atoms with Crippen molar-refractivity contribution in [3.63, 3.8) is 0 Å². The molecule has 0 saturated carbocycles. The number of para-hydroxylation sites is 3. The van der Waals surface area contributed by atoms with Crippen molar-refractivity contribution < 1.29 is 28.6 Å². The number of thioether (sulfide) groups is 1. The minimum atomic E-state index is -0.697. The van der Waals surface area contributed by atoms with Crippen LogP contribution in [-0.2, 0) is 19.1 Å². The number of amides is 2. The maximum atomic E-state index is 12.0. The highest BCUT2D eigenvalue weighted by Gasteiger charge is 2.12. The van der Waals surface area contributed by atoms with Gasteiger partial charge in [-0.15, -0.1) is 11.8 Å². The van der Waals surface area contributed by atoms with E-state index in [0.29, 0.717) is 22.1 Å². The summed E-state index contributed by atoms with van der Waals surface area (Å²) in [7, 11) is 1.49. The molecule has 2 aromatic rings. The largest absolute Gasteiger partial charge is 0.493 e. The van der Waals surface area contributed by atoms with Gasteiger partial charge in [-0.2, -0.15) is 0 Å². The zero-order valence-electron chi connectivity index (χ0n) is 15.2. The van der Waals surface area contributed by atoms with E-state index in [1.165, 1.54) is 18.9 Å². The van der Waals surface area contributed by atoms with Crippen LogP contribution in [0.15, 0.2) is 53.4 Å². The van der Waals surface area contributed by atoms with Gasteiger partial charge in [0.2, 0.25) is 5.91 Å². The van der Waals surface area contributed by atoms with Crippen molar-refractivity contribution in [1.29, 1.82) is 0 Å². The number of esters is 1. The summed E-state index contributed by atoms with van der Waals surface area (Å²) >= 11 is 1.20. The van der Waals surface area contributed by atoms with Crippen LogP contribution in [0.4, 0.5) is 5.69 Å². The van der Waals surface area contributed by atoms with Crippen LogP contribution in [0, 0.1) is 0 Å². The van der Waals surface area contributed by atoms with Crippen molar-refractivity contribution in [2.45, 2.75) is 4.90 Å². The second-order valence-electron chi connectivity index (χ2n) is 5.40. The lowest BCUT2D eigenvalue weighted by molar-refractivity contribution is -0.149. The lowest BCUT2D eigenvalue weighted by Gasteiger charge is -2.11. The molecule has 0 atom stereocenters. The molecule has 8 nitrogen and oxygen atoms in total. The Bertz CT molecular complexity index is 843. The van der Waals surface area contributed by atoms with Crippen molar-refractivity contribution in [3.05, 3.63) is 48.5 Å². The Morgan fingerprint density at radius 1 is 1.00 bits per heavy atom. The number of benzene rings is 2. The first-order valence-electron chi connectivity index (χ1n) is 8.21. The third-order valence-electron chi connectivity index (χ3n) is 3.31. The number of hydrogen-bond acceptors (Lipinski definition) is 7. The van der Waals surface area contributed by atoms with E-state index in [9.17, 15) is 14.4 Å². The number of anilines is 1. The van der Waals surface area contributed by atoms with Crippen molar-refractivity contribution in [2.24, 2.45) is 5.73 Å². The van der Waals surface area contributed by atoms with E-state index >= 15 is 0 Å². The van der Waals surface area contributed by atoms with Gasteiger partial charge in [0, 0.05) is 4.90 Å². The Morgan fingerprint density at radius 2 is 1.68 bits per heavy atom. The van der Waals surface area contributed by atoms with E-state index in [2.05, 4.69) is 5.32 Å². The lowest BCUT2D eigenvalue weighted by Crippen LogP contribution is -2.24. The first-order chi connectivity index (χ1) is 13.5. The average molecular weight is 404 g/mol. The molecule has 0 aliphatic carbocycles. The van der Waals surface area contributed by atoms with E-state index in [-0.39, 0.29) is 12.4 Å². The van der Waals surface area contributed by atoms with E-state index < -0.39 is 24.4 Å². The molecule has 0 saturated heterocycles. The van der Waals surface area contributed by atoms with Crippen LogP contribution in [0.1, 0.15) is 0 Å². The number of carbonyl (C=O) groups is 3. The molecule has 28 heavy (non-hydrogen) atoms. The van der Waals surface area contributed by atoms with Crippen LogP contribution in [0.3, 0.4) is 0 Å². The number of nitrogens with one attached hydrogen (secondary N) is 1. The summed E-state index contributed by atoms with van der Waals surface area (Å²) in [5.41, 5.74) is 5.64. The molecule has 0 radical (unpaired) electrons. The number of methoxy groups -OCH3 is 1. The summed E-state index contributed by atoms with van der Waals surface area (Å²) in [4.78, 5) is 35.4. The molecule has 2 rings (SSSR count). The molecular formula is C19H20N2O6S. The molecule has 2 aromatic carbocycles. The fourth-order valence-electron chi connectivity index (χ4n) is 2.09. The Morgan fingerprint density at radius 3 is 2.39 bits per heavy atom. The maximum absolute atomic E-state index is 12.0. The molecule has 0 aliphatic heterocycles. The number of primary amides is 1. The zero-order valence-corrected chi connectivity index (χ0v) is 16.0. The fourth-order valence-corrected chi connectivity index (χ4v) is 2.84. The van der Waals surface area contributed by atoms with Crippen LogP contribution < -0.4 is 20.5 Å². The van der Waals surface area contributed by atoms with Crippen LogP contribution in [-0.4, -0.2) is 43.9 Å². The van der Waals surface area contributed by atoms with Crippen LogP contribution in [0.5, 0.6) is 11.5 Å². The predicted octanol–water partition coefficient (Wildman–Crippen LogP) is 1.83. The summed E-state index contributed by atoms with van der Waals surface area (Å²) in [6, 6.07) is 13.8. The van der Waals surface area contributed by atoms with E-state index in [0.717, 1.165) is 0 Å². The van der Waals surface area contributed by atoms with Crippen molar-refractivity contribution in [2.75, 3.05) is 31.4 Å². The van der Waals surface area contributed by atoms with Gasteiger partial charge in [0.05, 0.1) is 18.6 Å². The molecular weight excluding hydrogens is 384 g/mol. The van der Waals surface area contributed by atoms with Gasteiger partial charge in [-0.1, -0.05) is 24.3 Å². The molecule has 0 unspecified atom stereocenters. The minimum absolute atomic E-state index is 0.0855. The summed E-state index contributed by atoms with van der Waals surface area (Å²) in [5.74, 6) is -0.711. The van der Waals surface area contributed by atoms with Crippen LogP contribution >= 0.6 is 11.8 Å². The SMILES string of the molecule is COc1ccccc1OCC(=O)OCC(=O)Nc1ccccc1SCC(N)=O. The summed E-state index contributed by atoms with van der Waals surface area (Å²) in [6.45, 7) is -0.832. The van der Waals surface area contributed by atoms with Gasteiger partial charge >= 0.3 is 5.97 Å². The molecule has 0 aromatic heterocycles. The molecule has 0 spiro atoms. The van der Waals surface area contributed by atoms with Crippen molar-refractivity contribution >= 4 is 35.2 Å². The van der Waals surface area contributed by atoms with Gasteiger partial charge in [-0.25, -0.2) is 4.79 Å². The van der Waals surface area contributed by atoms with Gasteiger partial charge in [0.1, 0.15) is 0 Å². The van der Waals surface area contributed by atoms with Gasteiger partial charge in [-0.05, 0) is 24.3 Å². The van der Waals surface area contributed by atoms with E-state index in [1.54, 1.807) is 48.5 Å². The quantitative estimate of drug-likeness (QED) is 0.458. The summed E-state index contributed by atoms with van der Waals surface area (Å²) in [6.07, 6.45) is 0. The predicted molar refractivity (Wildman–Crippen MR) is 104 cm³/mol. The topological polar surface area (TPSA) is 117 Å². The number of carbonyl (C=O) groups excluding carboxylic acids is 3. The summed E-state index contributed by atoms with van der Waals surface area (Å²) in [5, 5.41) is 2.63. The highest BCUT2D eigenvalue weighted by atomic mass is 32.2. The van der Waals surface area contributed by atoms with Crippen molar-refractivity contribution in [3.8, 4) is 11.5 Å². The average Bonchev–Trinajstić information content (AvgIpc) is 2.70. The second-order valence-corrected chi connectivity index (χ2v) is 6.42. The highest BCUT2D eigenvalue weighted by molar-refractivity contribution is 8.00. The molecule has 0 heterocycles. The number of nitrogens with two attached hydrogens (primary N) is 1. The zero-order chi connectivity index (χ0) is 20.4. The molecule has 0 aliphatic rings. The first-order valence-corrected chi connectivity index (χ1v) is 9.19. The van der Waals surface area contributed by atoms with Crippen molar-refractivity contribution in [1.82, 2.24) is 0 Å².